The van der Waals surface area contributed by atoms with Crippen LogP contribution in [0.2, 0.25) is 0 Å². The summed E-state index contributed by atoms with van der Waals surface area (Å²) in [6, 6.07) is 21.2. The van der Waals surface area contributed by atoms with E-state index in [1.165, 1.54) is 12.3 Å². The molecule has 5 nitrogen and oxygen atoms in total. The number of hydrogen-bond acceptors (Lipinski definition) is 3. The van der Waals surface area contributed by atoms with Gasteiger partial charge in [-0.05, 0) is 35.4 Å². The molecule has 0 bridgehead atoms. The van der Waals surface area contributed by atoms with Gasteiger partial charge in [-0.3, -0.25) is 9.59 Å². The minimum Gasteiger partial charge on any atom is -0.494 e. The second kappa shape index (κ2) is 7.72. The Morgan fingerprint density at radius 1 is 1.04 bits per heavy atom. The van der Waals surface area contributed by atoms with Crippen molar-refractivity contribution < 1.29 is 14.3 Å². The van der Waals surface area contributed by atoms with Gasteiger partial charge in [0.15, 0.2) is 0 Å². The summed E-state index contributed by atoms with van der Waals surface area (Å²) in [6.07, 6.45) is 0.694. The van der Waals surface area contributed by atoms with E-state index in [4.69, 9.17) is 4.74 Å². The van der Waals surface area contributed by atoms with Crippen molar-refractivity contribution in [1.82, 2.24) is 5.32 Å². The van der Waals surface area contributed by atoms with Gasteiger partial charge >= 0.3 is 0 Å². The van der Waals surface area contributed by atoms with Crippen LogP contribution in [0.4, 0.5) is 5.69 Å². The molecule has 2 amide bonds. The summed E-state index contributed by atoms with van der Waals surface area (Å²) in [4.78, 5) is 26.0. The van der Waals surface area contributed by atoms with E-state index in [-0.39, 0.29) is 11.8 Å². The van der Waals surface area contributed by atoms with E-state index < -0.39 is 6.04 Å². The second-order valence-corrected chi connectivity index (χ2v) is 6.89. The van der Waals surface area contributed by atoms with Gasteiger partial charge in [-0.25, -0.2) is 0 Å². The molecular weight excluding hydrogens is 352 g/mol. The molecule has 3 aromatic carbocycles. The van der Waals surface area contributed by atoms with Crippen molar-refractivity contribution >= 4 is 28.3 Å². The summed E-state index contributed by atoms with van der Waals surface area (Å²) in [5.41, 5.74) is 1.70. The van der Waals surface area contributed by atoms with Crippen LogP contribution in [0.3, 0.4) is 0 Å². The van der Waals surface area contributed by atoms with E-state index in [2.05, 4.69) is 17.4 Å². The van der Waals surface area contributed by atoms with Crippen molar-refractivity contribution in [3.63, 3.8) is 0 Å². The predicted octanol–water partition coefficient (Wildman–Crippen LogP) is 3.83. The molecule has 1 aliphatic rings. The predicted molar refractivity (Wildman–Crippen MR) is 109 cm³/mol. The Morgan fingerprint density at radius 2 is 1.79 bits per heavy atom. The van der Waals surface area contributed by atoms with Gasteiger partial charge in [0.2, 0.25) is 5.91 Å². The van der Waals surface area contributed by atoms with Gasteiger partial charge in [0, 0.05) is 24.7 Å². The van der Waals surface area contributed by atoms with Crippen LogP contribution < -0.4 is 15.0 Å². The lowest BCUT2D eigenvalue weighted by atomic mass is 10.1. The highest BCUT2D eigenvalue weighted by molar-refractivity contribution is 6.06. The Hall–Kier alpha value is -3.34. The van der Waals surface area contributed by atoms with Crippen LogP contribution in [0, 0.1) is 0 Å². The average molecular weight is 374 g/mol. The number of para-hydroxylation sites is 1. The highest BCUT2D eigenvalue weighted by Crippen LogP contribution is 2.35. The number of anilines is 1. The molecule has 1 heterocycles. The van der Waals surface area contributed by atoms with Crippen LogP contribution >= 0.6 is 0 Å². The zero-order valence-corrected chi connectivity index (χ0v) is 15.7. The molecular formula is C23H22N2O3. The maximum Gasteiger partial charge on any atom is 0.254 e. The molecule has 28 heavy (non-hydrogen) atoms. The standard InChI is InChI=1S/C23H22N2O3/c1-16(26)24-22-20-9-4-5-10-21(20)25(23(22)27)13-6-14-28-19-12-11-17-7-2-3-8-18(17)15-19/h2-5,7-12,15,22H,6,13-14H2,1H3,(H,24,26)/t22-/m1/s1. The number of rotatable bonds is 6. The first-order valence-corrected chi connectivity index (χ1v) is 9.42. The van der Waals surface area contributed by atoms with Crippen molar-refractivity contribution in [2.24, 2.45) is 0 Å². The summed E-state index contributed by atoms with van der Waals surface area (Å²) in [5.74, 6) is 0.514. The molecule has 0 spiro atoms. The van der Waals surface area contributed by atoms with Crippen LogP contribution in [0.25, 0.3) is 10.8 Å². The molecule has 4 rings (SSSR count). The fourth-order valence-corrected chi connectivity index (χ4v) is 3.63. The van der Waals surface area contributed by atoms with E-state index in [1.54, 1.807) is 4.90 Å². The molecule has 0 radical (unpaired) electrons. The average Bonchev–Trinajstić information content (AvgIpc) is 2.96. The third kappa shape index (κ3) is 3.56. The lowest BCUT2D eigenvalue weighted by molar-refractivity contribution is -0.126. The van der Waals surface area contributed by atoms with Crippen LogP contribution in [0.5, 0.6) is 5.75 Å². The second-order valence-electron chi connectivity index (χ2n) is 6.89. The molecule has 0 saturated carbocycles. The number of ether oxygens (including phenoxy) is 1. The van der Waals surface area contributed by atoms with Gasteiger partial charge in [0.25, 0.3) is 5.91 Å². The van der Waals surface area contributed by atoms with Crippen molar-refractivity contribution in [2.45, 2.75) is 19.4 Å². The van der Waals surface area contributed by atoms with Gasteiger partial charge in [0.05, 0.1) is 6.61 Å². The molecule has 1 atom stereocenters. The minimum absolute atomic E-state index is 0.0953. The van der Waals surface area contributed by atoms with Crippen molar-refractivity contribution in [2.75, 3.05) is 18.1 Å². The normalized spacial score (nSPS) is 15.5. The summed E-state index contributed by atoms with van der Waals surface area (Å²) < 4.78 is 5.88. The van der Waals surface area contributed by atoms with Gasteiger partial charge in [-0.15, -0.1) is 0 Å². The third-order valence-electron chi connectivity index (χ3n) is 4.91. The number of nitrogens with zero attached hydrogens (tertiary/aromatic N) is 1. The maximum atomic E-state index is 12.8. The Balaban J connectivity index is 1.39. The zero-order valence-electron chi connectivity index (χ0n) is 15.7. The van der Waals surface area contributed by atoms with Crippen LogP contribution in [-0.2, 0) is 9.59 Å². The van der Waals surface area contributed by atoms with Crippen LogP contribution in [-0.4, -0.2) is 25.0 Å². The lowest BCUT2D eigenvalue weighted by Gasteiger charge is -2.18. The Morgan fingerprint density at radius 3 is 2.61 bits per heavy atom. The first kappa shape index (κ1) is 18.0. The Kier molecular flexibility index (Phi) is 4.98. The topological polar surface area (TPSA) is 58.6 Å². The number of benzene rings is 3. The number of amides is 2. The van der Waals surface area contributed by atoms with Crippen LogP contribution in [0.15, 0.2) is 66.7 Å². The zero-order chi connectivity index (χ0) is 19.5. The van der Waals surface area contributed by atoms with Gasteiger partial charge in [0.1, 0.15) is 11.8 Å². The van der Waals surface area contributed by atoms with Crippen molar-refractivity contribution in [3.05, 3.63) is 72.3 Å². The monoisotopic (exact) mass is 374 g/mol. The van der Waals surface area contributed by atoms with Gasteiger partial charge in [-0.2, -0.15) is 0 Å². The smallest absolute Gasteiger partial charge is 0.254 e. The molecule has 142 valence electrons. The van der Waals surface area contributed by atoms with Gasteiger partial charge in [-0.1, -0.05) is 48.5 Å². The highest BCUT2D eigenvalue weighted by Gasteiger charge is 2.37. The molecule has 1 aliphatic heterocycles. The van der Waals surface area contributed by atoms with E-state index in [0.29, 0.717) is 19.6 Å². The Labute approximate surface area is 163 Å². The lowest BCUT2D eigenvalue weighted by Crippen LogP contribution is -2.37. The fraction of sp³-hybridized carbons (Fsp3) is 0.217. The number of nitrogens with one attached hydrogen (secondary N) is 1. The first-order valence-electron chi connectivity index (χ1n) is 9.42. The molecule has 3 aromatic rings. The Bertz CT molecular complexity index is 1030. The van der Waals surface area contributed by atoms with E-state index in [0.717, 1.165) is 22.4 Å². The van der Waals surface area contributed by atoms with Crippen molar-refractivity contribution in [3.8, 4) is 5.75 Å². The molecule has 5 heteroatoms. The molecule has 0 aliphatic carbocycles. The molecule has 1 N–H and O–H groups in total. The molecule has 0 aromatic heterocycles. The number of hydrogen-bond donors (Lipinski definition) is 1. The van der Waals surface area contributed by atoms with Crippen molar-refractivity contribution in [1.29, 1.82) is 0 Å². The third-order valence-corrected chi connectivity index (χ3v) is 4.91. The maximum absolute atomic E-state index is 12.8. The number of carbonyl (C=O) groups excluding carboxylic acids is 2. The number of fused-ring (bicyclic) bond motifs is 2. The molecule has 0 fully saturated rings. The van der Waals surface area contributed by atoms with Gasteiger partial charge < -0.3 is 15.0 Å². The minimum atomic E-state index is -0.602. The summed E-state index contributed by atoms with van der Waals surface area (Å²) in [6.45, 7) is 2.48. The summed E-state index contributed by atoms with van der Waals surface area (Å²) >= 11 is 0. The quantitative estimate of drug-likeness (QED) is 0.667. The highest BCUT2D eigenvalue weighted by atomic mass is 16.5. The van der Waals surface area contributed by atoms with Crippen LogP contribution in [0.1, 0.15) is 24.9 Å². The van der Waals surface area contributed by atoms with E-state index >= 15 is 0 Å². The fourth-order valence-electron chi connectivity index (χ4n) is 3.63. The van der Waals surface area contributed by atoms with E-state index in [1.807, 2.05) is 54.6 Å². The summed E-state index contributed by atoms with van der Waals surface area (Å²) in [5, 5.41) is 5.07. The number of carbonyl (C=O) groups is 2. The largest absolute Gasteiger partial charge is 0.494 e. The molecule has 0 unspecified atom stereocenters. The SMILES string of the molecule is CC(=O)N[C@H]1C(=O)N(CCCOc2ccc3ccccc3c2)c2ccccc21. The summed E-state index contributed by atoms with van der Waals surface area (Å²) in [7, 11) is 0. The first-order chi connectivity index (χ1) is 13.6. The molecule has 0 saturated heterocycles. The van der Waals surface area contributed by atoms with E-state index in [9.17, 15) is 9.59 Å².